The minimum Gasteiger partial charge on any atom is -0.492 e. The topological polar surface area (TPSA) is 199 Å². The fourth-order valence-electron chi connectivity index (χ4n) is 5.78. The van der Waals surface area contributed by atoms with Crippen LogP contribution < -0.4 is 31.4 Å². The van der Waals surface area contributed by atoms with E-state index in [1.807, 2.05) is 4.90 Å². The molecule has 2 fully saturated rings. The third-order valence-corrected chi connectivity index (χ3v) is 11.6. The lowest BCUT2D eigenvalue weighted by Crippen LogP contribution is -2.50. The number of benzene rings is 1. The Labute approximate surface area is 294 Å². The number of amides is 1. The summed E-state index contributed by atoms with van der Waals surface area (Å²) in [4.78, 5) is 40.3. The summed E-state index contributed by atoms with van der Waals surface area (Å²) in [5.41, 5.74) is 14.1. The molecule has 1 amide bonds. The van der Waals surface area contributed by atoms with E-state index in [-0.39, 0.29) is 22.4 Å². The maximum Gasteiger partial charge on any atom is 0.274 e. The summed E-state index contributed by atoms with van der Waals surface area (Å²) in [6.45, 7) is 16.8. The minimum atomic E-state index is -3.82. The highest BCUT2D eigenvalue weighted by atomic mass is 32.2. The Morgan fingerprint density at radius 2 is 1.82 bits per heavy atom. The predicted octanol–water partition coefficient (Wildman–Crippen LogP) is 1.68. The average molecular weight is 709 g/mol. The number of hydrogen-bond acceptors (Lipinski definition) is 12. The van der Waals surface area contributed by atoms with E-state index in [1.165, 1.54) is 6.33 Å². The van der Waals surface area contributed by atoms with Crippen LogP contribution in [0.15, 0.2) is 52.0 Å². The number of carbonyl (C=O) groups is 1. The lowest BCUT2D eigenvalue weighted by atomic mass is 10.2. The van der Waals surface area contributed by atoms with Gasteiger partial charge in [-0.15, -0.1) is 4.98 Å². The van der Waals surface area contributed by atoms with Gasteiger partial charge >= 0.3 is 0 Å². The molecule has 1 atom stereocenters. The highest BCUT2D eigenvalue weighted by molar-refractivity contribution is 7.92. The quantitative estimate of drug-likeness (QED) is 0.157. The molecule has 270 valence electrons. The number of anilines is 1. The molecular formula is C34H50N11O4S+. The largest absolute Gasteiger partial charge is 0.492 e. The number of aliphatic imine (C=N–C) groups is 1. The van der Waals surface area contributed by atoms with Gasteiger partial charge in [-0.05, 0) is 54.0 Å². The number of sulfone groups is 1. The number of aromatic nitrogens is 4. The van der Waals surface area contributed by atoms with E-state index < -0.39 is 14.6 Å². The summed E-state index contributed by atoms with van der Waals surface area (Å²) in [6, 6.07) is 3.56. The summed E-state index contributed by atoms with van der Waals surface area (Å²) < 4.78 is 32.6. The molecule has 16 heteroatoms. The maximum atomic E-state index is 13.8. The molecule has 2 aliphatic heterocycles. The van der Waals surface area contributed by atoms with Crippen LogP contribution in [-0.2, 0) is 9.84 Å². The third kappa shape index (κ3) is 8.30. The van der Waals surface area contributed by atoms with E-state index in [0.717, 1.165) is 32.0 Å². The van der Waals surface area contributed by atoms with E-state index in [0.29, 0.717) is 78.9 Å². The van der Waals surface area contributed by atoms with Crippen LogP contribution in [0.3, 0.4) is 0 Å². The molecule has 0 aliphatic carbocycles. The van der Waals surface area contributed by atoms with Gasteiger partial charge in [-0.25, -0.2) is 23.4 Å². The van der Waals surface area contributed by atoms with Gasteiger partial charge < -0.3 is 31.3 Å². The summed E-state index contributed by atoms with van der Waals surface area (Å²) in [6.07, 6.45) is 5.40. The number of carbonyl (C=O) groups excluding carboxylic acids is 1. The molecule has 15 nitrogen and oxygen atoms in total. The number of nitrogens with one attached hydrogen (secondary N) is 2. The number of ether oxygens (including phenoxy) is 1. The number of H-pyrrole nitrogens is 1. The number of piperazine rings is 2. The normalized spacial score (nSPS) is 18.7. The second-order valence-electron chi connectivity index (χ2n) is 13.9. The lowest BCUT2D eigenvalue weighted by Gasteiger charge is -2.34. The Hall–Kier alpha value is -4.41. The molecule has 2 aliphatic rings. The smallest absolute Gasteiger partial charge is 0.274 e. The zero-order chi connectivity index (χ0) is 36.2. The first kappa shape index (κ1) is 36.9. The molecular weight excluding hydrogens is 659 g/mol. The van der Waals surface area contributed by atoms with Gasteiger partial charge in [0.2, 0.25) is 12.2 Å². The number of fused-ring (bicyclic) bond motifs is 1. The standard InChI is InChI=1S/C34H49N11O4S/c1-22-20-45(10-8-37-22)30-19-38-27(18-39-30)33(46)44-13-11-43(12-14-44)9-7-15-49-28-17-26-25(16-29(28)50(47,48)34(4,5)6)32(41-21-40-26)42-31(36)23(2)24(3)35/h16-19,21-22,37H,7-15,20,35H2,1-6H3,(H2,36,40,41,42)/p+1/t22-/m1/s1. The molecule has 0 bridgehead atoms. The fraction of sp³-hybridized carbons (Fsp3) is 0.529. The highest BCUT2D eigenvalue weighted by Crippen LogP contribution is 2.36. The first-order valence-electron chi connectivity index (χ1n) is 17.0. The van der Waals surface area contributed by atoms with Gasteiger partial charge in [0, 0.05) is 75.7 Å². The number of aromatic amines is 1. The lowest BCUT2D eigenvalue weighted by molar-refractivity contribution is -0.365. The zero-order valence-corrected chi connectivity index (χ0v) is 30.7. The van der Waals surface area contributed by atoms with Crippen LogP contribution in [0.1, 0.15) is 58.5 Å². The van der Waals surface area contributed by atoms with Crippen LogP contribution in [0.2, 0.25) is 0 Å². The van der Waals surface area contributed by atoms with E-state index in [2.05, 4.69) is 47.0 Å². The Bertz CT molecular complexity index is 1860. The number of hydrogen-bond donors (Lipinski definition) is 3. The third-order valence-electron chi connectivity index (χ3n) is 9.11. The van der Waals surface area contributed by atoms with Gasteiger partial charge in [0.1, 0.15) is 22.2 Å². The summed E-state index contributed by atoms with van der Waals surface area (Å²) >= 11 is 0. The number of amidine groups is 1. The summed E-state index contributed by atoms with van der Waals surface area (Å²) in [5, 5.41) is 3.90. The highest BCUT2D eigenvalue weighted by Gasteiger charge is 2.35. The number of allylic oxidation sites excluding steroid dienone is 1. The zero-order valence-electron chi connectivity index (χ0n) is 29.9. The number of nitrogens with zero attached hydrogens (tertiary/aromatic N) is 7. The molecule has 2 aromatic heterocycles. The molecule has 0 spiro atoms. The fourth-order valence-corrected chi connectivity index (χ4v) is 7.10. The predicted molar refractivity (Wildman–Crippen MR) is 193 cm³/mol. The van der Waals surface area contributed by atoms with Gasteiger partial charge in [-0.3, -0.25) is 9.69 Å². The molecule has 0 radical (unpaired) electrons. The van der Waals surface area contributed by atoms with E-state index in [9.17, 15) is 13.2 Å². The minimum absolute atomic E-state index is 0.0574. The SMILES string of the molecule is CC(N)=C(C)C(N)=Nc1[nH+]cnc2cc(OCCCN3CCN(C(=O)c4cnc(N5CCN[C@H](C)C5)cn4)CC3)c(S(=O)(=O)C(C)(C)C)cc12. The number of nitrogens with two attached hydrogens (primary N) is 2. The van der Waals surface area contributed by atoms with Crippen LogP contribution in [0.5, 0.6) is 5.75 Å². The van der Waals surface area contributed by atoms with Crippen LogP contribution in [-0.4, -0.2) is 115 Å². The summed E-state index contributed by atoms with van der Waals surface area (Å²) in [5.74, 6) is 1.47. The van der Waals surface area contributed by atoms with Gasteiger partial charge in [0.25, 0.3) is 11.7 Å². The molecule has 50 heavy (non-hydrogen) atoms. The van der Waals surface area contributed by atoms with Crippen molar-refractivity contribution in [2.24, 2.45) is 16.5 Å². The van der Waals surface area contributed by atoms with Gasteiger partial charge in [-0.1, -0.05) is 4.99 Å². The van der Waals surface area contributed by atoms with Crippen LogP contribution in [0.25, 0.3) is 10.9 Å². The van der Waals surface area contributed by atoms with E-state index in [4.69, 9.17) is 16.2 Å². The Morgan fingerprint density at radius 3 is 2.46 bits per heavy atom. The monoisotopic (exact) mass is 708 g/mol. The van der Waals surface area contributed by atoms with Crippen molar-refractivity contribution >= 4 is 44.1 Å². The molecule has 0 unspecified atom stereocenters. The Kier molecular flexibility index (Phi) is 11.2. The van der Waals surface area contributed by atoms with Crippen molar-refractivity contribution in [3.05, 3.63) is 47.8 Å². The van der Waals surface area contributed by atoms with Crippen molar-refractivity contribution < 1.29 is 22.9 Å². The van der Waals surface area contributed by atoms with E-state index in [1.54, 1.807) is 59.1 Å². The van der Waals surface area contributed by atoms with E-state index >= 15 is 0 Å². The van der Waals surface area contributed by atoms with Crippen molar-refractivity contribution in [3.8, 4) is 5.75 Å². The van der Waals surface area contributed by atoms with Crippen molar-refractivity contribution in [2.75, 3.05) is 63.9 Å². The van der Waals surface area contributed by atoms with Gasteiger partial charge in [0.15, 0.2) is 15.4 Å². The van der Waals surface area contributed by atoms with Crippen LogP contribution in [0.4, 0.5) is 11.6 Å². The molecule has 4 heterocycles. The summed E-state index contributed by atoms with van der Waals surface area (Å²) in [7, 11) is -3.82. The molecule has 2 saturated heterocycles. The second-order valence-corrected chi connectivity index (χ2v) is 16.6. The first-order chi connectivity index (χ1) is 23.7. The van der Waals surface area contributed by atoms with Crippen molar-refractivity contribution in [1.29, 1.82) is 0 Å². The number of rotatable bonds is 10. The first-order valence-corrected chi connectivity index (χ1v) is 18.5. The molecule has 0 saturated carbocycles. The molecule has 5 rings (SSSR count). The second kappa shape index (κ2) is 15.2. The molecule has 6 N–H and O–H groups in total. The van der Waals surface area contributed by atoms with Crippen molar-refractivity contribution in [1.82, 2.24) is 30.1 Å². The Morgan fingerprint density at radius 1 is 1.08 bits per heavy atom. The Balaban J connectivity index is 1.21. The average Bonchev–Trinajstić information content (AvgIpc) is 3.09. The molecule has 1 aromatic carbocycles. The van der Waals surface area contributed by atoms with Crippen molar-refractivity contribution in [2.45, 2.75) is 63.6 Å². The van der Waals surface area contributed by atoms with Crippen molar-refractivity contribution in [3.63, 3.8) is 0 Å². The van der Waals surface area contributed by atoms with Crippen LogP contribution >= 0.6 is 0 Å². The molecule has 3 aromatic rings. The van der Waals surface area contributed by atoms with Crippen LogP contribution in [0, 0.1) is 0 Å². The maximum absolute atomic E-state index is 13.8. The van der Waals surface area contributed by atoms with Gasteiger partial charge in [0.05, 0.1) is 29.1 Å². The van der Waals surface area contributed by atoms with Gasteiger partial charge in [-0.2, -0.15) is 0 Å².